The molecule has 2 N–H and O–H groups in total. The maximum absolute atomic E-state index is 11.0. The minimum absolute atomic E-state index is 0.169. The first kappa shape index (κ1) is 19.0. The summed E-state index contributed by atoms with van der Waals surface area (Å²) in [5, 5.41) is 11.7. The Bertz CT molecular complexity index is 748. The lowest BCUT2D eigenvalue weighted by Crippen LogP contribution is -2.39. The molecule has 2 aromatic rings. The summed E-state index contributed by atoms with van der Waals surface area (Å²) in [5.41, 5.74) is 3.26. The average molecular weight is 370 g/mol. The predicted octanol–water partition coefficient (Wildman–Crippen LogP) is 3.72. The minimum Gasteiger partial charge on any atom is -0.487 e. The number of nitrogens with zero attached hydrogens (tertiary/aromatic N) is 1. The number of nitrogens with one attached hydrogen (secondary N) is 1. The fourth-order valence-electron chi connectivity index (χ4n) is 3.28. The van der Waals surface area contributed by atoms with E-state index in [0.29, 0.717) is 6.42 Å². The Labute approximate surface area is 159 Å². The summed E-state index contributed by atoms with van der Waals surface area (Å²) >= 11 is 0. The largest absolute Gasteiger partial charge is 0.487 e. The molecule has 6 nitrogen and oxygen atoms in total. The third-order valence-electron chi connectivity index (χ3n) is 4.62. The highest BCUT2D eigenvalue weighted by atomic mass is 17.1. The lowest BCUT2D eigenvalue weighted by molar-refractivity contribution is -0.234. The van der Waals surface area contributed by atoms with Gasteiger partial charge in [0.25, 0.3) is 0 Å². The van der Waals surface area contributed by atoms with Crippen LogP contribution >= 0.6 is 0 Å². The molecule has 1 aliphatic heterocycles. The Kier molecular flexibility index (Phi) is 6.54. The summed E-state index contributed by atoms with van der Waals surface area (Å²) in [6.07, 6.45) is 1.94. The number of para-hydroxylation sites is 2. The molecule has 6 heteroatoms. The van der Waals surface area contributed by atoms with Gasteiger partial charge in [-0.15, -0.1) is 0 Å². The van der Waals surface area contributed by atoms with E-state index in [-0.39, 0.29) is 12.5 Å². The van der Waals surface area contributed by atoms with Gasteiger partial charge >= 0.3 is 5.97 Å². The van der Waals surface area contributed by atoms with Crippen molar-refractivity contribution in [1.82, 2.24) is 0 Å². The smallest absolute Gasteiger partial charge is 0.342 e. The van der Waals surface area contributed by atoms with E-state index in [1.807, 2.05) is 42.5 Å². The predicted molar refractivity (Wildman–Crippen MR) is 105 cm³/mol. The van der Waals surface area contributed by atoms with E-state index in [1.54, 1.807) is 0 Å². The van der Waals surface area contributed by atoms with Crippen molar-refractivity contribution in [3.63, 3.8) is 0 Å². The molecule has 0 saturated carbocycles. The molecule has 0 saturated heterocycles. The second kappa shape index (κ2) is 9.28. The lowest BCUT2D eigenvalue weighted by atomic mass is 10.1. The van der Waals surface area contributed by atoms with Gasteiger partial charge in [0.15, 0.2) is 0 Å². The number of anilines is 2. The molecule has 27 heavy (non-hydrogen) atoms. The number of carbonyl (C=O) groups excluding carboxylic acids is 1. The number of hydrogen-bond donors (Lipinski definition) is 2. The van der Waals surface area contributed by atoms with Crippen LogP contribution in [0.5, 0.6) is 5.75 Å². The van der Waals surface area contributed by atoms with E-state index in [2.05, 4.69) is 28.1 Å². The summed E-state index contributed by atoms with van der Waals surface area (Å²) in [7, 11) is 0. The van der Waals surface area contributed by atoms with Crippen LogP contribution in [0.3, 0.4) is 0 Å². The molecule has 2 aromatic carbocycles. The third kappa shape index (κ3) is 5.37. The number of fused-ring (bicyclic) bond motifs is 1. The zero-order valence-electron chi connectivity index (χ0n) is 15.6. The van der Waals surface area contributed by atoms with Gasteiger partial charge in [0.1, 0.15) is 11.9 Å². The van der Waals surface area contributed by atoms with Gasteiger partial charge < -0.3 is 19.8 Å². The molecule has 0 radical (unpaired) electrons. The molecule has 1 unspecified atom stereocenters. The first-order chi connectivity index (χ1) is 13.2. The molecule has 1 atom stereocenters. The Balaban J connectivity index is 1.43. The Morgan fingerprint density at radius 1 is 1.26 bits per heavy atom. The number of aryl methyl sites for hydroxylation is 1. The quantitative estimate of drug-likeness (QED) is 0.419. The lowest BCUT2D eigenvalue weighted by Gasteiger charge is -2.35. The SMILES string of the molecule is CC1CN(CCCNc2ccc(CCC(=O)OO)cc2)c2ccccc2O1. The molecule has 0 fully saturated rings. The zero-order chi connectivity index (χ0) is 19.1. The van der Waals surface area contributed by atoms with Gasteiger partial charge in [0.05, 0.1) is 18.7 Å². The van der Waals surface area contributed by atoms with Crippen LogP contribution in [0.4, 0.5) is 11.4 Å². The summed E-state index contributed by atoms with van der Waals surface area (Å²) in [6.45, 7) is 4.86. The molecule has 0 bridgehead atoms. The molecule has 1 aliphatic rings. The summed E-state index contributed by atoms with van der Waals surface area (Å²) in [5.74, 6) is 0.348. The number of rotatable bonds is 8. The van der Waals surface area contributed by atoms with E-state index >= 15 is 0 Å². The maximum atomic E-state index is 11.0. The molecule has 0 aliphatic carbocycles. The zero-order valence-corrected chi connectivity index (χ0v) is 15.6. The van der Waals surface area contributed by atoms with E-state index in [4.69, 9.17) is 9.99 Å². The normalized spacial score (nSPS) is 15.6. The molecule has 0 aromatic heterocycles. The summed E-state index contributed by atoms with van der Waals surface area (Å²) in [4.78, 5) is 17.0. The second-order valence-electron chi connectivity index (χ2n) is 6.78. The van der Waals surface area contributed by atoms with Crippen molar-refractivity contribution in [3.8, 4) is 5.75 Å². The molecule has 3 rings (SSSR count). The van der Waals surface area contributed by atoms with Crippen LogP contribution < -0.4 is 15.0 Å². The number of ether oxygens (including phenoxy) is 1. The first-order valence-corrected chi connectivity index (χ1v) is 9.33. The van der Waals surface area contributed by atoms with Crippen molar-refractivity contribution in [3.05, 3.63) is 54.1 Å². The first-order valence-electron chi connectivity index (χ1n) is 9.33. The van der Waals surface area contributed by atoms with Crippen molar-refractivity contribution in [2.24, 2.45) is 0 Å². The summed E-state index contributed by atoms with van der Waals surface area (Å²) in [6, 6.07) is 16.2. The highest BCUT2D eigenvalue weighted by Crippen LogP contribution is 2.32. The number of benzene rings is 2. The van der Waals surface area contributed by atoms with Crippen LogP contribution in [0, 0.1) is 0 Å². The Morgan fingerprint density at radius 3 is 2.81 bits per heavy atom. The van der Waals surface area contributed by atoms with Crippen molar-refractivity contribution >= 4 is 17.3 Å². The van der Waals surface area contributed by atoms with Crippen LogP contribution in [-0.2, 0) is 16.1 Å². The van der Waals surface area contributed by atoms with E-state index < -0.39 is 5.97 Å². The molecule has 1 heterocycles. The summed E-state index contributed by atoms with van der Waals surface area (Å²) < 4.78 is 5.89. The fraction of sp³-hybridized carbons (Fsp3) is 0.381. The topological polar surface area (TPSA) is 71.0 Å². The number of hydrogen-bond acceptors (Lipinski definition) is 6. The minimum atomic E-state index is -0.615. The Hall–Kier alpha value is -2.73. The monoisotopic (exact) mass is 370 g/mol. The van der Waals surface area contributed by atoms with Crippen LogP contribution in [-0.4, -0.2) is 37.0 Å². The second-order valence-corrected chi connectivity index (χ2v) is 6.78. The van der Waals surface area contributed by atoms with Crippen LogP contribution in [0.2, 0.25) is 0 Å². The van der Waals surface area contributed by atoms with Crippen molar-refractivity contribution < 1.29 is 19.7 Å². The van der Waals surface area contributed by atoms with Gasteiger partial charge in [-0.1, -0.05) is 24.3 Å². The van der Waals surface area contributed by atoms with E-state index in [0.717, 1.165) is 43.1 Å². The highest BCUT2D eigenvalue weighted by molar-refractivity contribution is 5.68. The van der Waals surface area contributed by atoms with Crippen LogP contribution in [0.15, 0.2) is 48.5 Å². The molecule has 144 valence electrons. The van der Waals surface area contributed by atoms with Crippen molar-refractivity contribution in [2.45, 2.75) is 32.3 Å². The van der Waals surface area contributed by atoms with Gasteiger partial charge in [-0.25, -0.2) is 4.79 Å². The van der Waals surface area contributed by atoms with Gasteiger partial charge in [0.2, 0.25) is 0 Å². The van der Waals surface area contributed by atoms with Gasteiger partial charge in [-0.3, -0.25) is 0 Å². The molecule has 0 amide bonds. The molecular weight excluding hydrogens is 344 g/mol. The maximum Gasteiger partial charge on any atom is 0.342 e. The van der Waals surface area contributed by atoms with Crippen LogP contribution in [0.25, 0.3) is 0 Å². The van der Waals surface area contributed by atoms with Crippen molar-refractivity contribution in [2.75, 3.05) is 29.9 Å². The molecular formula is C21H26N2O4. The fourth-order valence-corrected chi connectivity index (χ4v) is 3.28. The van der Waals surface area contributed by atoms with Gasteiger partial charge in [-0.2, -0.15) is 5.26 Å². The Morgan fingerprint density at radius 2 is 2.04 bits per heavy atom. The third-order valence-corrected chi connectivity index (χ3v) is 4.62. The van der Waals surface area contributed by atoms with Crippen LogP contribution in [0.1, 0.15) is 25.3 Å². The van der Waals surface area contributed by atoms with Crippen molar-refractivity contribution in [1.29, 1.82) is 0 Å². The highest BCUT2D eigenvalue weighted by Gasteiger charge is 2.21. The van der Waals surface area contributed by atoms with E-state index in [1.165, 1.54) is 5.69 Å². The number of carbonyl (C=O) groups is 1. The van der Waals surface area contributed by atoms with Gasteiger partial charge in [-0.05, 0) is 49.6 Å². The average Bonchev–Trinajstić information content (AvgIpc) is 2.70. The van der Waals surface area contributed by atoms with E-state index in [9.17, 15) is 4.79 Å². The molecule has 0 spiro atoms. The standard InChI is InChI=1S/C21H26N2O4/c1-16-15-23(19-5-2-3-6-20(19)26-16)14-4-13-22-18-10-7-17(8-11-18)9-12-21(24)27-25/h2-3,5-8,10-11,16,22,25H,4,9,12-15H2,1H3. The van der Waals surface area contributed by atoms with Gasteiger partial charge in [0, 0.05) is 18.8 Å².